The first-order chi connectivity index (χ1) is 14.7. The van der Waals surface area contributed by atoms with Gasteiger partial charge in [0.25, 0.3) is 5.91 Å². The summed E-state index contributed by atoms with van der Waals surface area (Å²) in [4.78, 5) is 12.4. The van der Waals surface area contributed by atoms with Gasteiger partial charge < -0.3 is 5.32 Å². The van der Waals surface area contributed by atoms with E-state index in [1.54, 1.807) is 5.32 Å². The maximum absolute atomic E-state index is 13.6. The summed E-state index contributed by atoms with van der Waals surface area (Å²) in [5, 5.41) is 5.17. The van der Waals surface area contributed by atoms with Crippen LogP contribution in [0.2, 0.25) is 0 Å². The monoisotopic (exact) mass is 467 g/mol. The van der Waals surface area contributed by atoms with Gasteiger partial charge in [-0.2, -0.15) is 44.6 Å². The van der Waals surface area contributed by atoms with Crippen LogP contribution in [0.1, 0.15) is 27.2 Å². The lowest BCUT2D eigenvalue weighted by atomic mass is 10.1. The minimum absolute atomic E-state index is 0.0719. The summed E-state index contributed by atoms with van der Waals surface area (Å²) in [6, 6.07) is 7.02. The van der Waals surface area contributed by atoms with E-state index >= 15 is 0 Å². The van der Waals surface area contributed by atoms with Gasteiger partial charge in [0.05, 0.1) is 28.6 Å². The van der Waals surface area contributed by atoms with Gasteiger partial charge in [0.2, 0.25) is 0 Å². The first-order valence-corrected chi connectivity index (χ1v) is 8.49. The first-order valence-electron chi connectivity index (χ1n) is 8.49. The van der Waals surface area contributed by atoms with Crippen LogP contribution in [-0.4, -0.2) is 15.7 Å². The van der Waals surface area contributed by atoms with E-state index in [0.29, 0.717) is 10.9 Å². The van der Waals surface area contributed by atoms with Crippen LogP contribution in [0.5, 0.6) is 0 Å². The van der Waals surface area contributed by atoms with Crippen molar-refractivity contribution in [3.05, 3.63) is 77.1 Å². The molecule has 0 aliphatic heterocycles. The largest absolute Gasteiger partial charge is 0.434 e. The first kappa shape index (κ1) is 23.2. The number of carbonyl (C=O) groups is 1. The molecule has 170 valence electrons. The second-order valence-electron chi connectivity index (χ2n) is 6.40. The molecule has 1 heterocycles. The fraction of sp³-hybridized carbons (Fsp3) is 0.158. The Morgan fingerprint density at radius 1 is 0.781 bits per heavy atom. The van der Waals surface area contributed by atoms with E-state index < -0.39 is 52.5 Å². The number of para-hydroxylation sites is 1. The zero-order valence-corrected chi connectivity index (χ0v) is 15.4. The number of nitrogens with zero attached hydrogens (tertiary/aromatic N) is 2. The van der Waals surface area contributed by atoms with E-state index in [-0.39, 0.29) is 23.9 Å². The summed E-state index contributed by atoms with van der Waals surface area (Å²) in [5.41, 5.74) is -7.18. The molecule has 4 nitrogen and oxygen atoms in total. The van der Waals surface area contributed by atoms with Crippen LogP contribution in [0.25, 0.3) is 5.69 Å². The smallest absolute Gasteiger partial charge is 0.322 e. The van der Waals surface area contributed by atoms with E-state index in [4.69, 9.17) is 0 Å². The second-order valence-corrected chi connectivity index (χ2v) is 6.40. The van der Waals surface area contributed by atoms with Crippen LogP contribution in [0.15, 0.2) is 54.7 Å². The number of rotatable bonds is 3. The fourth-order valence-corrected chi connectivity index (χ4v) is 2.78. The number of halogens is 9. The highest BCUT2D eigenvalue weighted by Crippen LogP contribution is 2.38. The molecule has 0 spiro atoms. The molecule has 0 saturated carbocycles. The molecular weight excluding hydrogens is 457 g/mol. The molecule has 0 bridgehead atoms. The molecule has 0 aliphatic carbocycles. The normalized spacial score (nSPS) is 12.7. The van der Waals surface area contributed by atoms with E-state index in [9.17, 15) is 44.3 Å². The maximum Gasteiger partial charge on any atom is 0.434 e. The topological polar surface area (TPSA) is 46.9 Å². The molecule has 3 aromatic rings. The van der Waals surface area contributed by atoms with Gasteiger partial charge in [-0.3, -0.25) is 4.79 Å². The molecule has 1 amide bonds. The van der Waals surface area contributed by atoms with Crippen LogP contribution >= 0.6 is 0 Å². The van der Waals surface area contributed by atoms with Crippen LogP contribution in [0.3, 0.4) is 0 Å². The number of benzene rings is 2. The molecule has 0 aliphatic rings. The van der Waals surface area contributed by atoms with Crippen LogP contribution in [0.4, 0.5) is 45.2 Å². The summed E-state index contributed by atoms with van der Waals surface area (Å²) >= 11 is 0. The molecule has 0 radical (unpaired) electrons. The minimum Gasteiger partial charge on any atom is -0.322 e. The molecule has 0 unspecified atom stereocenters. The molecule has 13 heteroatoms. The quantitative estimate of drug-likeness (QED) is 0.468. The Bertz CT molecular complexity index is 1100. The number of hydrogen-bond donors (Lipinski definition) is 1. The SMILES string of the molecule is O=C(Nc1cc(C(F)(F)F)cc(C(F)(F)F)c1)c1cnn(-c2ccccc2)c1C(F)(F)F. The number of anilines is 1. The number of alkyl halides is 9. The standard InChI is InChI=1S/C19H10F9N3O/c20-17(21,22)10-6-11(18(23,24)25)8-12(7-10)30-16(32)14-9-29-31(15(14)19(26,27)28)13-4-2-1-3-5-13/h1-9H,(H,30,32). The van der Waals surface area contributed by atoms with Crippen LogP contribution < -0.4 is 5.32 Å². The van der Waals surface area contributed by atoms with Crippen molar-refractivity contribution in [2.75, 3.05) is 5.32 Å². The molecule has 32 heavy (non-hydrogen) atoms. The second kappa shape index (κ2) is 7.88. The molecule has 2 aromatic carbocycles. The van der Waals surface area contributed by atoms with Crippen LogP contribution in [-0.2, 0) is 18.5 Å². The van der Waals surface area contributed by atoms with E-state index in [1.807, 2.05) is 0 Å². The van der Waals surface area contributed by atoms with Crippen molar-refractivity contribution in [1.82, 2.24) is 9.78 Å². The molecule has 0 atom stereocenters. The van der Waals surface area contributed by atoms with Crippen molar-refractivity contribution in [3.8, 4) is 5.69 Å². The van der Waals surface area contributed by atoms with Crippen molar-refractivity contribution in [2.24, 2.45) is 0 Å². The lowest BCUT2D eigenvalue weighted by Gasteiger charge is -2.15. The summed E-state index contributed by atoms with van der Waals surface area (Å²) in [6.45, 7) is 0. The van der Waals surface area contributed by atoms with Crippen molar-refractivity contribution >= 4 is 11.6 Å². The lowest BCUT2D eigenvalue weighted by Crippen LogP contribution is -2.21. The number of aromatic nitrogens is 2. The fourth-order valence-electron chi connectivity index (χ4n) is 2.78. The summed E-state index contributed by atoms with van der Waals surface area (Å²) in [7, 11) is 0. The van der Waals surface area contributed by atoms with Crippen molar-refractivity contribution in [3.63, 3.8) is 0 Å². The molecular formula is C19H10F9N3O. The van der Waals surface area contributed by atoms with Gasteiger partial charge in [-0.15, -0.1) is 0 Å². The predicted octanol–water partition coefficient (Wildman–Crippen LogP) is 6.18. The van der Waals surface area contributed by atoms with Gasteiger partial charge in [-0.05, 0) is 30.3 Å². The third-order valence-corrected chi connectivity index (χ3v) is 4.13. The number of hydrogen-bond acceptors (Lipinski definition) is 2. The number of amides is 1. The predicted molar refractivity (Wildman–Crippen MR) is 93.0 cm³/mol. The Hall–Kier alpha value is -3.51. The highest BCUT2D eigenvalue weighted by atomic mass is 19.4. The Kier molecular flexibility index (Phi) is 5.70. The minimum atomic E-state index is -5.20. The van der Waals surface area contributed by atoms with E-state index in [2.05, 4.69) is 5.10 Å². The zero-order valence-electron chi connectivity index (χ0n) is 15.4. The lowest BCUT2D eigenvalue weighted by molar-refractivity contribution is -0.144. The van der Waals surface area contributed by atoms with Crippen molar-refractivity contribution < 1.29 is 44.3 Å². The van der Waals surface area contributed by atoms with Crippen LogP contribution in [0, 0.1) is 0 Å². The third-order valence-electron chi connectivity index (χ3n) is 4.13. The Morgan fingerprint density at radius 2 is 1.31 bits per heavy atom. The molecule has 3 rings (SSSR count). The number of carbonyl (C=O) groups excluding carboxylic acids is 1. The zero-order chi connectivity index (χ0) is 23.9. The van der Waals surface area contributed by atoms with Crippen molar-refractivity contribution in [2.45, 2.75) is 18.5 Å². The van der Waals surface area contributed by atoms with Gasteiger partial charge in [-0.25, -0.2) is 4.68 Å². The van der Waals surface area contributed by atoms with Gasteiger partial charge >= 0.3 is 18.5 Å². The Balaban J connectivity index is 2.06. The average molecular weight is 467 g/mol. The molecule has 1 N–H and O–H groups in total. The molecule has 0 fully saturated rings. The highest BCUT2D eigenvalue weighted by Gasteiger charge is 2.41. The van der Waals surface area contributed by atoms with Gasteiger partial charge in [0.1, 0.15) is 0 Å². The summed E-state index contributed by atoms with van der Waals surface area (Å²) in [6.07, 6.45) is -15.0. The highest BCUT2D eigenvalue weighted by molar-refractivity contribution is 6.05. The third kappa shape index (κ3) is 4.86. The van der Waals surface area contributed by atoms with Gasteiger partial charge in [0, 0.05) is 5.69 Å². The van der Waals surface area contributed by atoms with E-state index in [0.717, 1.165) is 0 Å². The van der Waals surface area contributed by atoms with E-state index in [1.165, 1.54) is 30.3 Å². The van der Waals surface area contributed by atoms with Gasteiger partial charge in [0.15, 0.2) is 5.69 Å². The Labute approximate surface area is 173 Å². The number of nitrogens with one attached hydrogen (secondary N) is 1. The van der Waals surface area contributed by atoms with Gasteiger partial charge in [-0.1, -0.05) is 18.2 Å². The summed E-state index contributed by atoms with van der Waals surface area (Å²) in [5.74, 6) is -1.59. The van der Waals surface area contributed by atoms with Crippen molar-refractivity contribution in [1.29, 1.82) is 0 Å². The summed E-state index contributed by atoms with van der Waals surface area (Å²) < 4.78 is 119. The maximum atomic E-state index is 13.6. The average Bonchev–Trinajstić information content (AvgIpc) is 3.13. The molecule has 0 saturated heterocycles. The Morgan fingerprint density at radius 3 is 1.78 bits per heavy atom. The molecule has 1 aromatic heterocycles.